The predicted octanol–water partition coefficient (Wildman–Crippen LogP) is 5.57. The number of unbranched alkanes of at least 4 members (excludes halogenated alkanes) is 6. The van der Waals surface area contributed by atoms with Gasteiger partial charge in [0.05, 0.1) is 6.10 Å². The van der Waals surface area contributed by atoms with Crippen molar-refractivity contribution in [3.8, 4) is 0 Å². The Morgan fingerprint density at radius 2 is 1.68 bits per heavy atom. The second kappa shape index (κ2) is 11.5. The SMILES string of the molecule is CCCCCCCCCC(O)CCCc1cccs1. The minimum absolute atomic E-state index is 0.0735. The molecule has 0 saturated carbocycles. The van der Waals surface area contributed by atoms with E-state index in [0.717, 1.165) is 25.7 Å². The lowest BCUT2D eigenvalue weighted by Gasteiger charge is -2.09. The zero-order valence-electron chi connectivity index (χ0n) is 12.4. The van der Waals surface area contributed by atoms with Crippen LogP contribution < -0.4 is 0 Å². The Morgan fingerprint density at radius 1 is 1.00 bits per heavy atom. The Morgan fingerprint density at radius 3 is 2.37 bits per heavy atom. The first-order valence-electron chi connectivity index (χ1n) is 8.03. The Kier molecular flexibility index (Phi) is 10.1. The molecule has 1 N–H and O–H groups in total. The maximum absolute atomic E-state index is 9.92. The Bertz CT molecular complexity index is 281. The maximum Gasteiger partial charge on any atom is 0.0540 e. The molecule has 0 aromatic carbocycles. The van der Waals surface area contributed by atoms with E-state index in [0.29, 0.717) is 0 Å². The molecule has 110 valence electrons. The van der Waals surface area contributed by atoms with Gasteiger partial charge in [0.25, 0.3) is 0 Å². The zero-order chi connectivity index (χ0) is 13.8. The van der Waals surface area contributed by atoms with E-state index in [1.54, 1.807) is 0 Å². The van der Waals surface area contributed by atoms with E-state index in [4.69, 9.17) is 0 Å². The largest absolute Gasteiger partial charge is 0.393 e. The highest BCUT2D eigenvalue weighted by atomic mass is 32.1. The van der Waals surface area contributed by atoms with Crippen LogP contribution in [0.2, 0.25) is 0 Å². The van der Waals surface area contributed by atoms with E-state index in [9.17, 15) is 5.11 Å². The highest BCUT2D eigenvalue weighted by Crippen LogP contribution is 2.15. The molecular formula is C17H30OS. The molecule has 0 fully saturated rings. The molecular weight excluding hydrogens is 252 g/mol. The summed E-state index contributed by atoms with van der Waals surface area (Å²) in [5.41, 5.74) is 0. The van der Waals surface area contributed by atoms with Crippen LogP contribution in [0.4, 0.5) is 0 Å². The number of hydrogen-bond acceptors (Lipinski definition) is 2. The molecule has 1 heterocycles. The van der Waals surface area contributed by atoms with Crippen molar-refractivity contribution in [1.29, 1.82) is 0 Å². The van der Waals surface area contributed by atoms with Crippen molar-refractivity contribution in [3.05, 3.63) is 22.4 Å². The number of thiophene rings is 1. The predicted molar refractivity (Wildman–Crippen MR) is 85.9 cm³/mol. The summed E-state index contributed by atoms with van der Waals surface area (Å²) in [7, 11) is 0. The zero-order valence-corrected chi connectivity index (χ0v) is 13.3. The third-order valence-corrected chi connectivity index (χ3v) is 4.62. The highest BCUT2D eigenvalue weighted by Gasteiger charge is 2.04. The van der Waals surface area contributed by atoms with Gasteiger partial charge in [-0.3, -0.25) is 0 Å². The topological polar surface area (TPSA) is 20.2 Å². The highest BCUT2D eigenvalue weighted by molar-refractivity contribution is 7.09. The standard InChI is InChI=1S/C17H30OS/c1-2-3-4-5-6-7-8-11-16(18)12-9-13-17-14-10-15-19-17/h10,14-16,18H,2-9,11-13H2,1H3. The molecule has 2 heteroatoms. The van der Waals surface area contributed by atoms with Gasteiger partial charge in [-0.2, -0.15) is 0 Å². The molecule has 0 spiro atoms. The average Bonchev–Trinajstić information content (AvgIpc) is 2.91. The molecule has 0 aliphatic heterocycles. The lowest BCUT2D eigenvalue weighted by atomic mass is 10.0. The molecule has 0 radical (unpaired) electrons. The normalized spacial score (nSPS) is 12.7. The van der Waals surface area contributed by atoms with Crippen molar-refractivity contribution in [2.24, 2.45) is 0 Å². The van der Waals surface area contributed by atoms with Crippen LogP contribution in [-0.2, 0) is 6.42 Å². The first kappa shape index (κ1) is 16.7. The number of hydrogen-bond donors (Lipinski definition) is 1. The Balaban J connectivity index is 1.86. The molecule has 1 unspecified atom stereocenters. The fourth-order valence-corrected chi connectivity index (χ4v) is 3.20. The lowest BCUT2D eigenvalue weighted by Crippen LogP contribution is -2.06. The van der Waals surface area contributed by atoms with Crippen molar-refractivity contribution in [2.75, 3.05) is 0 Å². The van der Waals surface area contributed by atoms with E-state index in [1.807, 2.05) is 11.3 Å². The van der Waals surface area contributed by atoms with Crippen LogP contribution in [0.5, 0.6) is 0 Å². The molecule has 1 atom stereocenters. The molecule has 0 aliphatic carbocycles. The van der Waals surface area contributed by atoms with Crippen LogP contribution >= 0.6 is 11.3 Å². The maximum atomic E-state index is 9.92. The van der Waals surface area contributed by atoms with E-state index < -0.39 is 0 Å². The van der Waals surface area contributed by atoms with Crippen LogP contribution in [0.15, 0.2) is 17.5 Å². The minimum atomic E-state index is -0.0735. The minimum Gasteiger partial charge on any atom is -0.393 e. The van der Waals surface area contributed by atoms with E-state index in [1.165, 1.54) is 49.8 Å². The van der Waals surface area contributed by atoms with Crippen molar-refractivity contribution in [1.82, 2.24) is 0 Å². The molecule has 1 aromatic heterocycles. The van der Waals surface area contributed by atoms with Crippen molar-refractivity contribution in [2.45, 2.75) is 83.7 Å². The Labute approximate surface area is 123 Å². The van der Waals surface area contributed by atoms with Crippen LogP contribution in [-0.4, -0.2) is 11.2 Å². The summed E-state index contributed by atoms with van der Waals surface area (Å²) in [5.74, 6) is 0. The fourth-order valence-electron chi connectivity index (χ4n) is 2.45. The summed E-state index contributed by atoms with van der Waals surface area (Å²) >= 11 is 1.82. The van der Waals surface area contributed by atoms with Gasteiger partial charge in [-0.15, -0.1) is 11.3 Å². The summed E-state index contributed by atoms with van der Waals surface area (Å²) in [5, 5.41) is 12.1. The second-order valence-electron chi connectivity index (χ2n) is 5.54. The number of rotatable bonds is 12. The van der Waals surface area contributed by atoms with E-state index in [2.05, 4.69) is 24.4 Å². The quantitative estimate of drug-likeness (QED) is 0.497. The van der Waals surface area contributed by atoms with Gasteiger partial charge < -0.3 is 5.11 Å². The van der Waals surface area contributed by atoms with Gasteiger partial charge in [0.1, 0.15) is 0 Å². The molecule has 0 amide bonds. The molecule has 1 nitrogen and oxygen atoms in total. The van der Waals surface area contributed by atoms with Crippen molar-refractivity contribution >= 4 is 11.3 Å². The number of aryl methyl sites for hydroxylation is 1. The van der Waals surface area contributed by atoms with E-state index >= 15 is 0 Å². The van der Waals surface area contributed by atoms with Crippen molar-refractivity contribution in [3.63, 3.8) is 0 Å². The van der Waals surface area contributed by atoms with Gasteiger partial charge in [-0.1, -0.05) is 57.9 Å². The van der Waals surface area contributed by atoms with E-state index in [-0.39, 0.29) is 6.10 Å². The summed E-state index contributed by atoms with van der Waals surface area (Å²) in [6.45, 7) is 2.26. The fraction of sp³-hybridized carbons (Fsp3) is 0.765. The second-order valence-corrected chi connectivity index (χ2v) is 6.57. The third-order valence-electron chi connectivity index (χ3n) is 3.68. The summed E-state index contributed by atoms with van der Waals surface area (Å²) in [6, 6.07) is 4.29. The first-order chi connectivity index (χ1) is 9.33. The molecule has 0 aliphatic rings. The summed E-state index contributed by atoms with van der Waals surface area (Å²) in [4.78, 5) is 1.45. The monoisotopic (exact) mass is 282 g/mol. The lowest BCUT2D eigenvalue weighted by molar-refractivity contribution is 0.148. The van der Waals surface area contributed by atoms with Crippen molar-refractivity contribution < 1.29 is 5.11 Å². The first-order valence-corrected chi connectivity index (χ1v) is 8.91. The average molecular weight is 282 g/mol. The number of aliphatic hydroxyl groups excluding tert-OH is 1. The Hall–Kier alpha value is -0.340. The van der Waals surface area contributed by atoms with Gasteiger partial charge in [-0.25, -0.2) is 0 Å². The van der Waals surface area contributed by atoms with Gasteiger partial charge in [0, 0.05) is 4.88 Å². The summed E-state index contributed by atoms with van der Waals surface area (Å²) < 4.78 is 0. The molecule has 19 heavy (non-hydrogen) atoms. The van der Waals surface area contributed by atoms with Gasteiger partial charge >= 0.3 is 0 Å². The van der Waals surface area contributed by atoms with Gasteiger partial charge in [-0.05, 0) is 37.1 Å². The van der Waals surface area contributed by atoms with Gasteiger partial charge in [0.2, 0.25) is 0 Å². The molecule has 1 aromatic rings. The van der Waals surface area contributed by atoms with Crippen LogP contribution in [0, 0.1) is 0 Å². The molecule has 0 saturated heterocycles. The number of aliphatic hydroxyl groups is 1. The van der Waals surface area contributed by atoms with Gasteiger partial charge in [0.15, 0.2) is 0 Å². The smallest absolute Gasteiger partial charge is 0.0540 e. The third kappa shape index (κ3) is 9.23. The van der Waals surface area contributed by atoms with Crippen LogP contribution in [0.1, 0.15) is 76.0 Å². The summed E-state index contributed by atoms with van der Waals surface area (Å²) in [6.07, 6.45) is 13.5. The van der Waals surface area contributed by atoms with Crippen LogP contribution in [0.25, 0.3) is 0 Å². The van der Waals surface area contributed by atoms with Crippen LogP contribution in [0.3, 0.4) is 0 Å². The molecule has 0 bridgehead atoms. The molecule has 1 rings (SSSR count).